The zero-order chi connectivity index (χ0) is 19.6. The Labute approximate surface area is 164 Å². The Bertz CT molecular complexity index is 829. The third-order valence-electron chi connectivity index (χ3n) is 5.27. The maximum absolute atomic E-state index is 12.6. The summed E-state index contributed by atoms with van der Waals surface area (Å²) in [6.45, 7) is 8.80. The van der Waals surface area contributed by atoms with E-state index >= 15 is 0 Å². The second kappa shape index (κ2) is 7.76. The van der Waals surface area contributed by atoms with E-state index in [9.17, 15) is 9.59 Å². The molecular weight excluding hydrogens is 360 g/mol. The molecule has 144 valence electrons. The van der Waals surface area contributed by atoms with Crippen LogP contribution in [0.3, 0.4) is 0 Å². The van der Waals surface area contributed by atoms with Gasteiger partial charge in [-0.1, -0.05) is 51.2 Å². The lowest BCUT2D eigenvalue weighted by atomic mass is 9.91. The van der Waals surface area contributed by atoms with Gasteiger partial charge in [0.25, 0.3) is 0 Å². The van der Waals surface area contributed by atoms with Gasteiger partial charge in [-0.15, -0.1) is 10.2 Å². The van der Waals surface area contributed by atoms with Gasteiger partial charge in [0.2, 0.25) is 16.9 Å². The standard InChI is InChI=1S/C20H26N4O2S/c1-5-13-7-9-15(10-8-13)24-12-14(11-16(24)25)17(26)21-19-23-22-18(27-19)20(3,4)6-2/h7-10,14H,5-6,11-12H2,1-4H3,(H,21,23,26). The molecule has 3 rings (SSSR count). The van der Waals surface area contributed by atoms with E-state index in [0.717, 1.165) is 23.5 Å². The maximum Gasteiger partial charge on any atom is 0.231 e. The van der Waals surface area contributed by atoms with Crippen molar-refractivity contribution in [1.29, 1.82) is 0 Å². The van der Waals surface area contributed by atoms with Crippen molar-refractivity contribution in [2.24, 2.45) is 5.92 Å². The first-order chi connectivity index (χ1) is 12.8. The van der Waals surface area contributed by atoms with Crippen molar-refractivity contribution in [2.45, 2.75) is 52.4 Å². The fourth-order valence-electron chi connectivity index (χ4n) is 2.95. The summed E-state index contributed by atoms with van der Waals surface area (Å²) in [6, 6.07) is 7.93. The fourth-order valence-corrected chi connectivity index (χ4v) is 3.87. The lowest BCUT2D eigenvalue weighted by molar-refractivity contribution is -0.122. The van der Waals surface area contributed by atoms with Crippen LogP contribution in [0.2, 0.25) is 0 Å². The Balaban J connectivity index is 1.65. The van der Waals surface area contributed by atoms with Gasteiger partial charge in [-0.3, -0.25) is 9.59 Å². The number of nitrogens with one attached hydrogen (secondary N) is 1. The third-order valence-corrected chi connectivity index (χ3v) is 6.47. The van der Waals surface area contributed by atoms with Crippen molar-refractivity contribution in [1.82, 2.24) is 10.2 Å². The molecule has 27 heavy (non-hydrogen) atoms. The third kappa shape index (κ3) is 4.18. The summed E-state index contributed by atoms with van der Waals surface area (Å²) in [5.41, 5.74) is 2.00. The van der Waals surface area contributed by atoms with Crippen LogP contribution in [0, 0.1) is 5.92 Å². The largest absolute Gasteiger partial charge is 0.312 e. The zero-order valence-corrected chi connectivity index (χ0v) is 17.1. The SMILES string of the molecule is CCc1ccc(N2CC(C(=O)Nc3nnc(C(C)(C)CC)s3)CC2=O)cc1. The number of benzene rings is 1. The summed E-state index contributed by atoms with van der Waals surface area (Å²) in [7, 11) is 0. The van der Waals surface area contributed by atoms with E-state index in [1.807, 2.05) is 24.3 Å². The lowest BCUT2D eigenvalue weighted by Crippen LogP contribution is -2.28. The van der Waals surface area contributed by atoms with E-state index in [2.05, 4.69) is 43.2 Å². The van der Waals surface area contributed by atoms with E-state index in [4.69, 9.17) is 0 Å². The van der Waals surface area contributed by atoms with Crippen molar-refractivity contribution in [3.05, 3.63) is 34.8 Å². The van der Waals surface area contributed by atoms with Gasteiger partial charge in [-0.2, -0.15) is 0 Å². The number of aromatic nitrogens is 2. The first-order valence-corrected chi connectivity index (χ1v) is 10.2. The zero-order valence-electron chi connectivity index (χ0n) is 16.3. The van der Waals surface area contributed by atoms with Gasteiger partial charge in [0, 0.05) is 24.1 Å². The number of hydrogen-bond acceptors (Lipinski definition) is 5. The average Bonchev–Trinajstić information content (AvgIpc) is 3.29. The van der Waals surface area contributed by atoms with E-state index in [1.54, 1.807) is 4.90 Å². The molecule has 2 amide bonds. The Hall–Kier alpha value is -2.28. The number of anilines is 2. The van der Waals surface area contributed by atoms with Crippen molar-refractivity contribution in [3.63, 3.8) is 0 Å². The van der Waals surface area contributed by atoms with E-state index in [-0.39, 0.29) is 29.6 Å². The number of amides is 2. The quantitative estimate of drug-likeness (QED) is 0.820. The van der Waals surface area contributed by atoms with E-state index in [1.165, 1.54) is 16.9 Å². The number of carbonyl (C=O) groups is 2. The predicted octanol–water partition coefficient (Wildman–Crippen LogP) is 3.78. The van der Waals surface area contributed by atoms with Gasteiger partial charge in [0.05, 0.1) is 5.92 Å². The molecular formula is C20H26N4O2S. The van der Waals surface area contributed by atoms with Gasteiger partial charge in [0.1, 0.15) is 5.01 Å². The molecule has 2 aromatic rings. The highest BCUT2D eigenvalue weighted by Gasteiger charge is 2.35. The van der Waals surface area contributed by atoms with Crippen molar-refractivity contribution >= 4 is 34.0 Å². The molecule has 1 fully saturated rings. The molecule has 0 saturated carbocycles. The number of rotatable bonds is 6. The highest BCUT2D eigenvalue weighted by atomic mass is 32.1. The van der Waals surface area contributed by atoms with Gasteiger partial charge in [-0.05, 0) is 30.5 Å². The molecule has 6 nitrogen and oxygen atoms in total. The van der Waals surface area contributed by atoms with Crippen molar-refractivity contribution < 1.29 is 9.59 Å². The highest BCUT2D eigenvalue weighted by Crippen LogP contribution is 2.32. The smallest absolute Gasteiger partial charge is 0.231 e. The molecule has 0 bridgehead atoms. The van der Waals surface area contributed by atoms with Crippen LogP contribution in [-0.2, 0) is 21.4 Å². The minimum Gasteiger partial charge on any atom is -0.312 e. The summed E-state index contributed by atoms with van der Waals surface area (Å²) in [4.78, 5) is 26.7. The number of aryl methyl sites for hydroxylation is 1. The monoisotopic (exact) mass is 386 g/mol. The lowest BCUT2D eigenvalue weighted by Gasteiger charge is -2.17. The molecule has 1 saturated heterocycles. The highest BCUT2D eigenvalue weighted by molar-refractivity contribution is 7.15. The first kappa shape index (κ1) is 19.5. The Morgan fingerprint density at radius 3 is 2.59 bits per heavy atom. The van der Waals surface area contributed by atoms with E-state index < -0.39 is 0 Å². The summed E-state index contributed by atoms with van der Waals surface area (Å²) < 4.78 is 0. The van der Waals surface area contributed by atoms with Crippen LogP contribution in [-0.4, -0.2) is 28.6 Å². The first-order valence-electron chi connectivity index (χ1n) is 9.38. The molecule has 0 spiro atoms. The molecule has 1 unspecified atom stereocenters. The summed E-state index contributed by atoms with van der Waals surface area (Å²) in [5, 5.41) is 12.5. The molecule has 1 aliphatic heterocycles. The van der Waals surface area contributed by atoms with Crippen LogP contribution in [0.4, 0.5) is 10.8 Å². The second-order valence-electron chi connectivity index (χ2n) is 7.56. The van der Waals surface area contributed by atoms with Crippen LogP contribution in [0.5, 0.6) is 0 Å². The topological polar surface area (TPSA) is 75.2 Å². The van der Waals surface area contributed by atoms with Crippen LogP contribution < -0.4 is 10.2 Å². The average molecular weight is 387 g/mol. The minimum absolute atomic E-state index is 0.0236. The number of nitrogens with zero attached hydrogens (tertiary/aromatic N) is 3. The van der Waals surface area contributed by atoms with Crippen molar-refractivity contribution in [2.75, 3.05) is 16.8 Å². The van der Waals surface area contributed by atoms with E-state index in [0.29, 0.717) is 11.7 Å². The summed E-state index contributed by atoms with van der Waals surface area (Å²) >= 11 is 1.40. The van der Waals surface area contributed by atoms with Crippen LogP contribution in [0.15, 0.2) is 24.3 Å². The van der Waals surface area contributed by atoms with Gasteiger partial charge in [0.15, 0.2) is 0 Å². The van der Waals surface area contributed by atoms with Crippen molar-refractivity contribution in [3.8, 4) is 0 Å². The maximum atomic E-state index is 12.6. The summed E-state index contributed by atoms with van der Waals surface area (Å²) in [6.07, 6.45) is 2.11. The second-order valence-corrected chi connectivity index (χ2v) is 8.54. The molecule has 1 aromatic heterocycles. The number of carbonyl (C=O) groups excluding carboxylic acids is 2. The van der Waals surface area contributed by atoms with Gasteiger partial charge >= 0.3 is 0 Å². The normalized spacial score (nSPS) is 17.4. The molecule has 0 radical (unpaired) electrons. The van der Waals surface area contributed by atoms with Crippen LogP contribution in [0.1, 0.15) is 51.1 Å². The Morgan fingerprint density at radius 2 is 1.96 bits per heavy atom. The van der Waals surface area contributed by atoms with Crippen LogP contribution >= 0.6 is 11.3 Å². The Morgan fingerprint density at radius 1 is 1.26 bits per heavy atom. The molecule has 1 atom stereocenters. The minimum atomic E-state index is -0.380. The molecule has 7 heteroatoms. The molecule has 1 N–H and O–H groups in total. The molecule has 2 heterocycles. The van der Waals surface area contributed by atoms with Crippen LogP contribution in [0.25, 0.3) is 0 Å². The summed E-state index contributed by atoms with van der Waals surface area (Å²) in [5.74, 6) is -0.576. The predicted molar refractivity (Wildman–Crippen MR) is 108 cm³/mol. The molecule has 1 aliphatic rings. The fraction of sp³-hybridized carbons (Fsp3) is 0.500. The molecule has 1 aromatic carbocycles. The molecule has 0 aliphatic carbocycles. The number of hydrogen-bond donors (Lipinski definition) is 1. The Kier molecular flexibility index (Phi) is 5.60. The van der Waals surface area contributed by atoms with Gasteiger partial charge in [-0.25, -0.2) is 0 Å². The van der Waals surface area contributed by atoms with Gasteiger partial charge < -0.3 is 10.2 Å².